The smallest absolute Gasteiger partial charge is 0.237 e. The van der Waals surface area contributed by atoms with E-state index in [4.69, 9.17) is 5.73 Å². The van der Waals surface area contributed by atoms with Crippen LogP contribution in [0, 0.1) is 11.8 Å². The predicted octanol–water partition coefficient (Wildman–Crippen LogP) is 1.99. The number of likely N-dealkylation sites (tertiary alicyclic amines) is 1. The minimum Gasteiger partial charge on any atom is -0.368 e. The number of rotatable bonds is 6. The molecule has 0 aromatic carbocycles. The average Bonchev–Trinajstić information content (AvgIpc) is 2.64. The largest absolute Gasteiger partial charge is 0.368 e. The number of nitrogens with zero attached hydrogens (tertiary/aromatic N) is 1. The van der Waals surface area contributed by atoms with E-state index in [2.05, 4.69) is 31.0 Å². The van der Waals surface area contributed by atoms with Crippen molar-refractivity contribution < 1.29 is 4.79 Å². The van der Waals surface area contributed by atoms with Gasteiger partial charge in [0.25, 0.3) is 0 Å². The van der Waals surface area contributed by atoms with Crippen molar-refractivity contribution in [3.05, 3.63) is 0 Å². The Bertz CT molecular complexity index is 319. The molecule has 0 bridgehead atoms. The minimum atomic E-state index is -0.608. The van der Waals surface area contributed by atoms with E-state index in [1.807, 2.05) is 14.0 Å². The zero-order valence-corrected chi connectivity index (χ0v) is 13.9. The Morgan fingerprint density at radius 1 is 1.35 bits per heavy atom. The highest BCUT2D eigenvalue weighted by Crippen LogP contribution is 2.26. The number of amides is 1. The number of nitrogens with one attached hydrogen (secondary N) is 1. The second kappa shape index (κ2) is 7.41. The second-order valence-corrected chi connectivity index (χ2v) is 6.97. The van der Waals surface area contributed by atoms with Crippen LogP contribution >= 0.6 is 0 Å². The standard InChI is InChI=1S/C16H33N3O/c1-12(2)14-7-6-9-19(10-8-14)13(3)11-16(4,18-5)15(17)20/h12-14,18H,6-11H2,1-5H3,(H2,17,20). The van der Waals surface area contributed by atoms with Gasteiger partial charge in [-0.15, -0.1) is 0 Å². The molecular formula is C16H33N3O. The monoisotopic (exact) mass is 283 g/mol. The van der Waals surface area contributed by atoms with Gasteiger partial charge in [0.1, 0.15) is 0 Å². The Kier molecular flexibility index (Phi) is 6.46. The molecule has 1 rings (SSSR count). The van der Waals surface area contributed by atoms with E-state index in [1.54, 1.807) is 0 Å². The first-order chi connectivity index (χ1) is 9.30. The van der Waals surface area contributed by atoms with Gasteiger partial charge < -0.3 is 16.0 Å². The lowest BCUT2D eigenvalue weighted by Gasteiger charge is -2.35. The third-order valence-electron chi connectivity index (χ3n) is 5.17. The van der Waals surface area contributed by atoms with Gasteiger partial charge in [-0.25, -0.2) is 0 Å². The van der Waals surface area contributed by atoms with E-state index in [0.29, 0.717) is 6.04 Å². The number of nitrogens with two attached hydrogens (primary N) is 1. The summed E-state index contributed by atoms with van der Waals surface area (Å²) in [6, 6.07) is 0.380. The van der Waals surface area contributed by atoms with Crippen LogP contribution in [0.5, 0.6) is 0 Å². The maximum Gasteiger partial charge on any atom is 0.237 e. The zero-order valence-electron chi connectivity index (χ0n) is 13.9. The molecule has 0 aliphatic carbocycles. The summed E-state index contributed by atoms with van der Waals surface area (Å²) >= 11 is 0. The third kappa shape index (κ3) is 4.45. The van der Waals surface area contributed by atoms with Gasteiger partial charge in [0.05, 0.1) is 5.54 Å². The molecule has 1 aliphatic heterocycles. The molecule has 0 aromatic heterocycles. The van der Waals surface area contributed by atoms with Gasteiger partial charge in [-0.1, -0.05) is 13.8 Å². The van der Waals surface area contributed by atoms with E-state index in [9.17, 15) is 4.79 Å². The topological polar surface area (TPSA) is 58.4 Å². The Hall–Kier alpha value is -0.610. The Morgan fingerprint density at radius 2 is 2.00 bits per heavy atom. The summed E-state index contributed by atoms with van der Waals surface area (Å²) in [5.74, 6) is 1.36. The fourth-order valence-electron chi connectivity index (χ4n) is 3.30. The van der Waals surface area contributed by atoms with Crippen LogP contribution in [0.15, 0.2) is 0 Å². The Balaban J connectivity index is 2.59. The van der Waals surface area contributed by atoms with Gasteiger partial charge in [0.15, 0.2) is 0 Å². The van der Waals surface area contributed by atoms with Gasteiger partial charge in [-0.2, -0.15) is 0 Å². The van der Waals surface area contributed by atoms with Crippen molar-refractivity contribution in [3.8, 4) is 0 Å². The first-order valence-electron chi connectivity index (χ1n) is 8.03. The predicted molar refractivity (Wildman–Crippen MR) is 84.5 cm³/mol. The lowest BCUT2D eigenvalue weighted by Crippen LogP contribution is -2.55. The van der Waals surface area contributed by atoms with Crippen LogP contribution in [0.4, 0.5) is 0 Å². The molecule has 0 aromatic rings. The fraction of sp³-hybridized carbons (Fsp3) is 0.938. The third-order valence-corrected chi connectivity index (χ3v) is 5.17. The summed E-state index contributed by atoms with van der Waals surface area (Å²) in [7, 11) is 1.81. The van der Waals surface area contributed by atoms with E-state index < -0.39 is 5.54 Å². The highest BCUT2D eigenvalue weighted by Gasteiger charge is 2.33. The summed E-state index contributed by atoms with van der Waals surface area (Å²) in [5, 5.41) is 3.09. The molecule has 3 unspecified atom stereocenters. The van der Waals surface area contributed by atoms with Crippen LogP contribution in [0.3, 0.4) is 0 Å². The highest BCUT2D eigenvalue weighted by atomic mass is 16.1. The quantitative estimate of drug-likeness (QED) is 0.784. The maximum absolute atomic E-state index is 11.6. The van der Waals surface area contributed by atoms with Gasteiger partial charge in [-0.3, -0.25) is 4.79 Å². The summed E-state index contributed by atoms with van der Waals surface area (Å²) in [6.45, 7) is 11.1. The molecule has 20 heavy (non-hydrogen) atoms. The van der Waals surface area contributed by atoms with Crippen LogP contribution < -0.4 is 11.1 Å². The number of carbonyl (C=O) groups is 1. The molecule has 1 saturated heterocycles. The summed E-state index contributed by atoms with van der Waals surface area (Å²) < 4.78 is 0. The van der Waals surface area contributed by atoms with Crippen LogP contribution in [0.1, 0.15) is 53.4 Å². The van der Waals surface area contributed by atoms with E-state index in [0.717, 1.165) is 31.3 Å². The lowest BCUT2D eigenvalue weighted by molar-refractivity contribution is -0.124. The van der Waals surface area contributed by atoms with Crippen molar-refractivity contribution in [2.75, 3.05) is 20.1 Å². The maximum atomic E-state index is 11.6. The van der Waals surface area contributed by atoms with Crippen LogP contribution in [0.25, 0.3) is 0 Å². The van der Waals surface area contributed by atoms with Crippen molar-refractivity contribution >= 4 is 5.91 Å². The van der Waals surface area contributed by atoms with Crippen LogP contribution in [0.2, 0.25) is 0 Å². The molecule has 0 spiro atoms. The number of likely N-dealkylation sites (N-methyl/N-ethyl adjacent to an activating group) is 1. The molecule has 4 heteroatoms. The van der Waals surface area contributed by atoms with Crippen molar-refractivity contribution in [2.45, 2.75) is 65.0 Å². The number of hydrogen-bond acceptors (Lipinski definition) is 3. The molecule has 1 aliphatic rings. The normalized spacial score (nSPS) is 26.0. The van der Waals surface area contributed by atoms with Crippen LogP contribution in [-0.2, 0) is 4.79 Å². The Labute approximate surface area is 124 Å². The van der Waals surface area contributed by atoms with Crippen molar-refractivity contribution in [1.82, 2.24) is 10.2 Å². The van der Waals surface area contributed by atoms with E-state index in [1.165, 1.54) is 19.3 Å². The molecule has 1 amide bonds. The van der Waals surface area contributed by atoms with E-state index >= 15 is 0 Å². The van der Waals surface area contributed by atoms with Gasteiger partial charge in [-0.05, 0) is 71.5 Å². The lowest BCUT2D eigenvalue weighted by atomic mass is 9.89. The summed E-state index contributed by atoms with van der Waals surface area (Å²) in [4.78, 5) is 14.1. The molecule has 0 saturated carbocycles. The number of primary amides is 1. The zero-order chi connectivity index (χ0) is 15.3. The summed E-state index contributed by atoms with van der Waals surface area (Å²) in [5.41, 5.74) is 4.92. The van der Waals surface area contributed by atoms with Crippen LogP contribution in [-0.4, -0.2) is 42.5 Å². The van der Waals surface area contributed by atoms with Crippen molar-refractivity contribution in [2.24, 2.45) is 17.6 Å². The first-order valence-corrected chi connectivity index (χ1v) is 8.03. The Morgan fingerprint density at radius 3 is 2.50 bits per heavy atom. The number of hydrogen-bond donors (Lipinski definition) is 2. The molecule has 3 N–H and O–H groups in total. The fourth-order valence-corrected chi connectivity index (χ4v) is 3.30. The van der Waals surface area contributed by atoms with Crippen molar-refractivity contribution in [1.29, 1.82) is 0 Å². The van der Waals surface area contributed by atoms with E-state index in [-0.39, 0.29) is 5.91 Å². The molecule has 3 atom stereocenters. The molecule has 4 nitrogen and oxygen atoms in total. The summed E-state index contributed by atoms with van der Waals surface area (Å²) in [6.07, 6.45) is 4.64. The van der Waals surface area contributed by atoms with Gasteiger partial charge in [0.2, 0.25) is 5.91 Å². The molecule has 1 fully saturated rings. The first kappa shape index (κ1) is 17.4. The molecular weight excluding hydrogens is 250 g/mol. The SMILES string of the molecule is CNC(C)(CC(C)N1CCCC(C(C)C)CC1)C(N)=O. The molecule has 1 heterocycles. The van der Waals surface area contributed by atoms with Gasteiger partial charge >= 0.3 is 0 Å². The average molecular weight is 283 g/mol. The molecule has 0 radical (unpaired) electrons. The second-order valence-electron chi connectivity index (χ2n) is 6.97. The van der Waals surface area contributed by atoms with Gasteiger partial charge in [0, 0.05) is 6.04 Å². The molecule has 118 valence electrons. The minimum absolute atomic E-state index is 0.262. The van der Waals surface area contributed by atoms with Crippen molar-refractivity contribution in [3.63, 3.8) is 0 Å². The number of carbonyl (C=O) groups excluding carboxylic acids is 1. The highest BCUT2D eigenvalue weighted by molar-refractivity contribution is 5.84.